The minimum absolute atomic E-state index is 0.949. The number of rotatable bonds is 5. The van der Waals surface area contributed by atoms with Crippen LogP contribution < -0.4 is 0 Å². The predicted octanol–water partition coefficient (Wildman–Crippen LogP) is 13.4. The van der Waals surface area contributed by atoms with E-state index in [1.807, 2.05) is 12.4 Å². The van der Waals surface area contributed by atoms with E-state index in [1.54, 1.807) is 0 Å². The maximum absolute atomic E-state index is 5.39. The summed E-state index contributed by atoms with van der Waals surface area (Å²) in [6.07, 6.45) is 3.69. The fraction of sp³-hybridized carbons (Fsp3) is 0. The largest absolute Gasteiger partial charge is 0.265 e. The molecule has 8 aromatic carbocycles. The van der Waals surface area contributed by atoms with E-state index in [4.69, 9.17) is 4.98 Å². The summed E-state index contributed by atoms with van der Waals surface area (Å²) in [5.74, 6) is 0. The highest BCUT2D eigenvalue weighted by Crippen LogP contribution is 2.39. The quantitative estimate of drug-likeness (QED) is 0.172. The van der Waals surface area contributed by atoms with Crippen LogP contribution >= 0.6 is 0 Å². The summed E-state index contributed by atoms with van der Waals surface area (Å²) in [5.41, 5.74) is 11.1. The van der Waals surface area contributed by atoms with Gasteiger partial charge in [-0.3, -0.25) is 4.98 Å². The molecule has 0 fully saturated rings. The van der Waals surface area contributed by atoms with Crippen LogP contribution in [0.15, 0.2) is 194 Å². The lowest BCUT2D eigenvalue weighted by molar-refractivity contribution is 1.32. The van der Waals surface area contributed by atoms with Gasteiger partial charge >= 0.3 is 0 Å². The van der Waals surface area contributed by atoms with Crippen molar-refractivity contribution >= 4 is 43.1 Å². The lowest BCUT2D eigenvalue weighted by Crippen LogP contribution is -1.94. The van der Waals surface area contributed by atoms with Crippen LogP contribution in [-0.4, -0.2) is 9.97 Å². The molecule has 10 rings (SSSR count). The van der Waals surface area contributed by atoms with E-state index in [1.165, 1.54) is 49.0 Å². The van der Waals surface area contributed by atoms with Gasteiger partial charge in [-0.15, -0.1) is 0 Å². The molecule has 0 aliphatic heterocycles. The van der Waals surface area contributed by atoms with Crippen molar-refractivity contribution in [2.45, 2.75) is 0 Å². The van der Waals surface area contributed by atoms with Crippen LogP contribution in [0, 0.1) is 0 Å². The molecule has 0 unspecified atom stereocenters. The summed E-state index contributed by atoms with van der Waals surface area (Å²) in [6, 6.07) is 65.5. The molecule has 0 radical (unpaired) electrons. The first-order chi connectivity index (χ1) is 25.8. The summed E-state index contributed by atoms with van der Waals surface area (Å²) >= 11 is 0. The first-order valence-corrected chi connectivity index (χ1v) is 17.7. The van der Waals surface area contributed by atoms with Crippen molar-refractivity contribution in [2.75, 3.05) is 0 Å². The Morgan fingerprint density at radius 1 is 0.288 bits per heavy atom. The summed E-state index contributed by atoms with van der Waals surface area (Å²) in [5, 5.41) is 10.0. The summed E-state index contributed by atoms with van der Waals surface area (Å²) < 4.78 is 0. The minimum atomic E-state index is 0.949. The fourth-order valence-corrected chi connectivity index (χ4v) is 7.85. The van der Waals surface area contributed by atoms with Gasteiger partial charge in [-0.25, -0.2) is 4.98 Å². The van der Waals surface area contributed by atoms with Crippen LogP contribution in [-0.2, 0) is 0 Å². The van der Waals surface area contributed by atoms with Crippen LogP contribution in [0.4, 0.5) is 0 Å². The Hall–Kier alpha value is -6.90. The van der Waals surface area contributed by atoms with E-state index in [-0.39, 0.29) is 0 Å². The van der Waals surface area contributed by atoms with Gasteiger partial charge in [-0.1, -0.05) is 146 Å². The number of nitrogens with zero attached hydrogens (tertiary/aromatic N) is 2. The molecule has 0 N–H and O–H groups in total. The van der Waals surface area contributed by atoms with Gasteiger partial charge in [0.25, 0.3) is 0 Å². The van der Waals surface area contributed by atoms with E-state index in [9.17, 15) is 0 Å². The van der Waals surface area contributed by atoms with Crippen molar-refractivity contribution in [1.29, 1.82) is 0 Å². The van der Waals surface area contributed by atoms with Gasteiger partial charge in [0.2, 0.25) is 0 Å². The van der Waals surface area contributed by atoms with Gasteiger partial charge in [0.1, 0.15) is 0 Å². The topological polar surface area (TPSA) is 25.8 Å². The zero-order valence-electron chi connectivity index (χ0n) is 28.4. The first-order valence-electron chi connectivity index (χ1n) is 17.7. The molecule has 0 aliphatic carbocycles. The highest BCUT2D eigenvalue weighted by Gasteiger charge is 2.15. The molecule has 2 nitrogen and oxygen atoms in total. The van der Waals surface area contributed by atoms with E-state index >= 15 is 0 Å². The summed E-state index contributed by atoms with van der Waals surface area (Å²) in [7, 11) is 0. The van der Waals surface area contributed by atoms with Crippen LogP contribution in [0.1, 0.15) is 0 Å². The zero-order valence-corrected chi connectivity index (χ0v) is 28.4. The SMILES string of the molecule is c1cc(-c2cccc(-c3cc4ccccc4c(-c4ccccc4-c4ccncc4)n3)c2)cc(-c2ccc3c4ccccc4c4ccccc4c3c2)c1. The molecule has 2 heteroatoms. The van der Waals surface area contributed by atoms with Crippen molar-refractivity contribution in [3.05, 3.63) is 194 Å². The third-order valence-corrected chi connectivity index (χ3v) is 10.3. The Balaban J connectivity index is 1.07. The fourth-order valence-electron chi connectivity index (χ4n) is 7.85. The van der Waals surface area contributed by atoms with Gasteiger partial charge in [-0.05, 0) is 107 Å². The highest BCUT2D eigenvalue weighted by molar-refractivity contribution is 6.25. The second-order valence-electron chi connectivity index (χ2n) is 13.4. The number of benzene rings is 8. The van der Waals surface area contributed by atoms with Crippen molar-refractivity contribution < 1.29 is 0 Å². The minimum Gasteiger partial charge on any atom is -0.265 e. The van der Waals surface area contributed by atoms with E-state index in [0.29, 0.717) is 0 Å². The first kappa shape index (κ1) is 30.0. The molecule has 0 saturated carbocycles. The van der Waals surface area contributed by atoms with Gasteiger partial charge in [0.15, 0.2) is 0 Å². The molecule has 10 aromatic rings. The molecule has 0 aliphatic rings. The number of fused-ring (bicyclic) bond motifs is 7. The average molecular weight is 661 g/mol. The maximum Gasteiger partial charge on any atom is 0.0794 e. The molecular formula is C50H32N2. The number of pyridine rings is 2. The van der Waals surface area contributed by atoms with Gasteiger partial charge in [-0.2, -0.15) is 0 Å². The Morgan fingerprint density at radius 3 is 1.46 bits per heavy atom. The van der Waals surface area contributed by atoms with E-state index in [2.05, 4.69) is 187 Å². The zero-order chi connectivity index (χ0) is 34.4. The Kier molecular flexibility index (Phi) is 7.18. The number of hydrogen-bond donors (Lipinski definition) is 0. The third-order valence-electron chi connectivity index (χ3n) is 10.3. The molecule has 2 aromatic heterocycles. The molecule has 242 valence electrons. The highest BCUT2D eigenvalue weighted by atomic mass is 14.7. The molecule has 0 bridgehead atoms. The van der Waals surface area contributed by atoms with Gasteiger partial charge < -0.3 is 0 Å². The van der Waals surface area contributed by atoms with Crippen LogP contribution in [0.3, 0.4) is 0 Å². The van der Waals surface area contributed by atoms with Crippen molar-refractivity contribution in [2.24, 2.45) is 0 Å². The van der Waals surface area contributed by atoms with Crippen LogP contribution in [0.25, 0.3) is 99.0 Å². The van der Waals surface area contributed by atoms with Crippen molar-refractivity contribution in [3.63, 3.8) is 0 Å². The molecule has 0 amide bonds. The second kappa shape index (κ2) is 12.5. The van der Waals surface area contributed by atoms with Gasteiger partial charge in [0, 0.05) is 28.9 Å². The monoisotopic (exact) mass is 660 g/mol. The van der Waals surface area contributed by atoms with Gasteiger partial charge in [0.05, 0.1) is 11.4 Å². The maximum atomic E-state index is 5.39. The average Bonchev–Trinajstić information content (AvgIpc) is 3.23. The lowest BCUT2D eigenvalue weighted by atomic mass is 9.91. The normalized spacial score (nSPS) is 11.5. The second-order valence-corrected chi connectivity index (χ2v) is 13.4. The van der Waals surface area contributed by atoms with Crippen LogP contribution in [0.5, 0.6) is 0 Å². The molecule has 2 heterocycles. The van der Waals surface area contributed by atoms with Crippen molar-refractivity contribution in [3.8, 4) is 55.9 Å². The molecular weight excluding hydrogens is 629 g/mol. The van der Waals surface area contributed by atoms with Crippen LogP contribution in [0.2, 0.25) is 0 Å². The standard InChI is InChI=1S/C50H32N2/c1-2-17-41-38(11-1)32-49(52-50(41)47-22-8-3-16-40(47)33-25-27-51-28-26-33)39-15-10-14-36(30-39)34-12-9-13-35(29-34)37-23-24-46-44-20-5-4-18-42(44)43-19-6-7-21-45(43)48(46)31-37/h1-32H. The molecule has 0 saturated heterocycles. The Labute approximate surface area is 302 Å². The number of aromatic nitrogens is 2. The molecule has 52 heavy (non-hydrogen) atoms. The smallest absolute Gasteiger partial charge is 0.0794 e. The summed E-state index contributed by atoms with van der Waals surface area (Å²) in [4.78, 5) is 9.64. The summed E-state index contributed by atoms with van der Waals surface area (Å²) in [6.45, 7) is 0. The van der Waals surface area contributed by atoms with Crippen molar-refractivity contribution in [1.82, 2.24) is 9.97 Å². The van der Waals surface area contributed by atoms with E-state index in [0.717, 1.165) is 50.0 Å². The predicted molar refractivity (Wildman–Crippen MR) is 219 cm³/mol. The Morgan fingerprint density at radius 2 is 0.788 bits per heavy atom. The number of hydrogen-bond acceptors (Lipinski definition) is 2. The van der Waals surface area contributed by atoms with E-state index < -0.39 is 0 Å². The third kappa shape index (κ3) is 5.12. The molecule has 0 atom stereocenters. The Bertz CT molecular complexity index is 2930. The lowest BCUT2D eigenvalue weighted by Gasteiger charge is -2.15. The molecule has 0 spiro atoms.